The number of nitrogens with one attached hydrogen (secondary N) is 1. The van der Waals surface area contributed by atoms with Crippen molar-refractivity contribution >= 4 is 23.2 Å². The highest BCUT2D eigenvalue weighted by atomic mass is 35.5. The van der Waals surface area contributed by atoms with Gasteiger partial charge in [-0.2, -0.15) is 0 Å². The minimum absolute atomic E-state index is 0.433. The molecule has 0 fully saturated rings. The van der Waals surface area contributed by atoms with Gasteiger partial charge in [-0.3, -0.25) is 4.99 Å². The molecule has 0 spiro atoms. The molecule has 3 N–H and O–H groups in total. The summed E-state index contributed by atoms with van der Waals surface area (Å²) in [6.07, 6.45) is 0.983. The summed E-state index contributed by atoms with van der Waals surface area (Å²) in [4.78, 5) is 4.15. The highest BCUT2D eigenvalue weighted by Gasteiger charge is 2.02. The van der Waals surface area contributed by atoms with E-state index < -0.39 is 0 Å². The zero-order chi connectivity index (χ0) is 11.3. The Bertz CT molecular complexity index is 361. The molecular weight excluding hydrogens is 210 g/mol. The van der Waals surface area contributed by atoms with Gasteiger partial charge in [0.2, 0.25) is 0 Å². The molecule has 1 aromatic carbocycles. The van der Waals surface area contributed by atoms with Gasteiger partial charge in [-0.25, -0.2) is 0 Å². The normalized spacial score (nSPS) is 11.5. The van der Waals surface area contributed by atoms with Crippen LogP contribution < -0.4 is 11.1 Å². The van der Waals surface area contributed by atoms with E-state index in [-0.39, 0.29) is 0 Å². The summed E-state index contributed by atoms with van der Waals surface area (Å²) in [5, 5.41) is 3.75. The van der Waals surface area contributed by atoms with Crippen LogP contribution >= 0.6 is 11.6 Å². The van der Waals surface area contributed by atoms with E-state index in [9.17, 15) is 0 Å². The van der Waals surface area contributed by atoms with Crippen molar-refractivity contribution in [2.24, 2.45) is 10.7 Å². The summed E-state index contributed by atoms with van der Waals surface area (Å²) in [5.74, 6) is 0.433. The summed E-state index contributed by atoms with van der Waals surface area (Å²) < 4.78 is 0. The van der Waals surface area contributed by atoms with Gasteiger partial charge in [-0.1, -0.05) is 24.6 Å². The molecule has 0 aliphatic rings. The molecule has 82 valence electrons. The van der Waals surface area contributed by atoms with Crippen LogP contribution in [0.5, 0.6) is 0 Å². The molecule has 0 unspecified atom stereocenters. The van der Waals surface area contributed by atoms with Crippen molar-refractivity contribution in [3.05, 3.63) is 28.8 Å². The van der Waals surface area contributed by atoms with Crippen molar-refractivity contribution in [2.75, 3.05) is 11.9 Å². The average Bonchev–Trinajstić information content (AvgIpc) is 2.22. The van der Waals surface area contributed by atoms with E-state index in [1.807, 2.05) is 25.1 Å². The second kappa shape index (κ2) is 5.61. The number of anilines is 1. The number of nitrogens with two attached hydrogens (primary N) is 1. The number of hydrogen-bond acceptors (Lipinski definition) is 1. The second-order valence-corrected chi connectivity index (χ2v) is 3.71. The first-order chi connectivity index (χ1) is 7.15. The fourth-order valence-corrected chi connectivity index (χ4v) is 1.33. The highest BCUT2D eigenvalue weighted by molar-refractivity contribution is 6.31. The van der Waals surface area contributed by atoms with E-state index >= 15 is 0 Å². The SMILES string of the molecule is CCCN=C(N)Nc1cccc(Cl)c1C. The Hall–Kier alpha value is -1.22. The molecule has 0 heterocycles. The molecular formula is C11H16ClN3. The molecule has 4 heteroatoms. The molecule has 0 radical (unpaired) electrons. The van der Waals surface area contributed by atoms with Crippen LogP contribution in [0.15, 0.2) is 23.2 Å². The van der Waals surface area contributed by atoms with Crippen LogP contribution in [0.2, 0.25) is 5.02 Å². The zero-order valence-electron chi connectivity index (χ0n) is 9.05. The lowest BCUT2D eigenvalue weighted by molar-refractivity contribution is 0.929. The first-order valence-corrected chi connectivity index (χ1v) is 5.35. The van der Waals surface area contributed by atoms with Crippen molar-refractivity contribution in [2.45, 2.75) is 20.3 Å². The Morgan fingerprint density at radius 3 is 2.93 bits per heavy atom. The standard InChI is InChI=1S/C11H16ClN3/c1-3-7-14-11(13)15-10-6-4-5-9(12)8(10)2/h4-6H,3,7H2,1-2H3,(H3,13,14,15). The lowest BCUT2D eigenvalue weighted by Gasteiger charge is -2.09. The lowest BCUT2D eigenvalue weighted by atomic mass is 10.2. The van der Waals surface area contributed by atoms with E-state index in [2.05, 4.69) is 17.2 Å². The topological polar surface area (TPSA) is 50.4 Å². The molecule has 1 aromatic rings. The van der Waals surface area contributed by atoms with Crippen LogP contribution in [0.4, 0.5) is 5.69 Å². The third-order valence-corrected chi connectivity index (χ3v) is 2.45. The van der Waals surface area contributed by atoms with E-state index in [0.29, 0.717) is 5.96 Å². The van der Waals surface area contributed by atoms with Crippen molar-refractivity contribution in [3.8, 4) is 0 Å². The van der Waals surface area contributed by atoms with Crippen molar-refractivity contribution in [3.63, 3.8) is 0 Å². The number of aliphatic imine (C=N–C) groups is 1. The Labute approximate surface area is 95.3 Å². The monoisotopic (exact) mass is 225 g/mol. The predicted octanol–water partition coefficient (Wildman–Crippen LogP) is 2.79. The van der Waals surface area contributed by atoms with Crippen molar-refractivity contribution in [1.29, 1.82) is 0 Å². The maximum atomic E-state index is 5.98. The minimum Gasteiger partial charge on any atom is -0.370 e. The Morgan fingerprint density at radius 2 is 2.27 bits per heavy atom. The lowest BCUT2D eigenvalue weighted by Crippen LogP contribution is -2.23. The Balaban J connectivity index is 2.76. The summed E-state index contributed by atoms with van der Waals surface area (Å²) in [6, 6.07) is 5.65. The van der Waals surface area contributed by atoms with Crippen LogP contribution in [-0.4, -0.2) is 12.5 Å². The molecule has 0 aliphatic carbocycles. The molecule has 0 aromatic heterocycles. The number of guanidine groups is 1. The van der Waals surface area contributed by atoms with Gasteiger partial charge in [0.25, 0.3) is 0 Å². The summed E-state index contributed by atoms with van der Waals surface area (Å²) >= 11 is 5.98. The van der Waals surface area contributed by atoms with Gasteiger partial charge >= 0.3 is 0 Å². The quantitative estimate of drug-likeness (QED) is 0.614. The minimum atomic E-state index is 0.433. The molecule has 1 rings (SSSR count). The summed E-state index contributed by atoms with van der Waals surface area (Å²) in [6.45, 7) is 4.73. The van der Waals surface area contributed by atoms with E-state index in [0.717, 1.165) is 29.2 Å². The van der Waals surface area contributed by atoms with Crippen LogP contribution in [0.25, 0.3) is 0 Å². The Kier molecular flexibility index (Phi) is 4.43. The number of halogens is 1. The number of rotatable bonds is 3. The molecule has 0 atom stereocenters. The molecule has 0 bridgehead atoms. The highest BCUT2D eigenvalue weighted by Crippen LogP contribution is 2.22. The van der Waals surface area contributed by atoms with E-state index in [1.165, 1.54) is 0 Å². The molecule has 0 amide bonds. The molecule has 0 saturated carbocycles. The van der Waals surface area contributed by atoms with Gasteiger partial charge < -0.3 is 11.1 Å². The number of nitrogens with zero attached hydrogens (tertiary/aromatic N) is 1. The molecule has 0 aliphatic heterocycles. The third-order valence-electron chi connectivity index (χ3n) is 2.04. The number of benzene rings is 1. The fourth-order valence-electron chi connectivity index (χ4n) is 1.15. The summed E-state index contributed by atoms with van der Waals surface area (Å²) in [5.41, 5.74) is 7.59. The smallest absolute Gasteiger partial charge is 0.193 e. The zero-order valence-corrected chi connectivity index (χ0v) is 9.80. The van der Waals surface area contributed by atoms with Crippen molar-refractivity contribution < 1.29 is 0 Å². The third kappa shape index (κ3) is 3.44. The van der Waals surface area contributed by atoms with Gasteiger partial charge in [0.1, 0.15) is 0 Å². The van der Waals surface area contributed by atoms with E-state index in [4.69, 9.17) is 17.3 Å². The van der Waals surface area contributed by atoms with Crippen molar-refractivity contribution in [1.82, 2.24) is 0 Å². The Morgan fingerprint density at radius 1 is 1.53 bits per heavy atom. The van der Waals surface area contributed by atoms with Gasteiger partial charge in [0, 0.05) is 17.3 Å². The second-order valence-electron chi connectivity index (χ2n) is 3.30. The van der Waals surface area contributed by atoms with Crippen LogP contribution in [0.3, 0.4) is 0 Å². The van der Waals surface area contributed by atoms with Crippen LogP contribution in [0, 0.1) is 6.92 Å². The maximum absolute atomic E-state index is 5.98. The predicted molar refractivity (Wildman–Crippen MR) is 66.6 cm³/mol. The van der Waals surface area contributed by atoms with E-state index in [1.54, 1.807) is 0 Å². The largest absolute Gasteiger partial charge is 0.370 e. The van der Waals surface area contributed by atoms with Crippen LogP contribution in [0.1, 0.15) is 18.9 Å². The summed E-state index contributed by atoms with van der Waals surface area (Å²) in [7, 11) is 0. The first-order valence-electron chi connectivity index (χ1n) is 4.97. The van der Waals surface area contributed by atoms with Crippen LogP contribution in [-0.2, 0) is 0 Å². The molecule has 15 heavy (non-hydrogen) atoms. The van der Waals surface area contributed by atoms with Gasteiger partial charge in [-0.15, -0.1) is 0 Å². The maximum Gasteiger partial charge on any atom is 0.193 e. The average molecular weight is 226 g/mol. The number of hydrogen-bond donors (Lipinski definition) is 2. The van der Waals surface area contributed by atoms with Gasteiger partial charge in [0.15, 0.2) is 5.96 Å². The molecule has 0 saturated heterocycles. The van der Waals surface area contributed by atoms with Gasteiger partial charge in [0.05, 0.1) is 0 Å². The first kappa shape index (κ1) is 11.9. The fraction of sp³-hybridized carbons (Fsp3) is 0.364. The molecule has 3 nitrogen and oxygen atoms in total. The van der Waals surface area contributed by atoms with Gasteiger partial charge in [-0.05, 0) is 31.0 Å².